The molecule has 0 heterocycles. The van der Waals surface area contributed by atoms with Crippen molar-refractivity contribution >= 4 is 32.1 Å². The summed E-state index contributed by atoms with van der Waals surface area (Å²) >= 11 is 3.51. The zero-order chi connectivity index (χ0) is 14.7. The van der Waals surface area contributed by atoms with Crippen LogP contribution in [0.1, 0.15) is 42.4 Å². The quantitative estimate of drug-likeness (QED) is 0.655. The molecule has 0 saturated carbocycles. The number of carbonyl (C=O) groups excluding carboxylic acids is 1. The number of halogens is 1. The summed E-state index contributed by atoms with van der Waals surface area (Å²) in [6.45, 7) is 2.25. The third kappa shape index (κ3) is 3.03. The lowest BCUT2D eigenvalue weighted by atomic mass is 9.92. The molecule has 0 unspecified atom stereocenters. The Morgan fingerprint density at radius 1 is 1.55 bits per heavy atom. The second-order valence-electron chi connectivity index (χ2n) is 5.12. The Hall–Kier alpha value is -1.36. The zero-order valence-corrected chi connectivity index (χ0v) is 13.5. The summed E-state index contributed by atoms with van der Waals surface area (Å²) in [5.74, 6) is 0.456. The minimum atomic E-state index is 0.0207. The van der Waals surface area contributed by atoms with Gasteiger partial charge in [-0.05, 0) is 58.3 Å². The van der Waals surface area contributed by atoms with Gasteiger partial charge in [0.1, 0.15) is 4.62 Å². The Morgan fingerprint density at radius 3 is 2.95 bits per heavy atom. The molecule has 0 bridgehead atoms. The molecule has 3 N–H and O–H groups in total. The molecule has 0 aromatic heterocycles. The van der Waals surface area contributed by atoms with E-state index < -0.39 is 0 Å². The summed E-state index contributed by atoms with van der Waals surface area (Å²) in [6, 6.07) is 4.07. The van der Waals surface area contributed by atoms with Crippen LogP contribution in [0.2, 0.25) is 0 Å². The number of hydrogen-bond donors (Lipinski definition) is 2. The van der Waals surface area contributed by atoms with E-state index >= 15 is 0 Å². The van der Waals surface area contributed by atoms with Crippen molar-refractivity contribution in [2.24, 2.45) is 4.99 Å². The third-order valence-electron chi connectivity index (χ3n) is 3.81. The van der Waals surface area contributed by atoms with Crippen LogP contribution in [-0.2, 0) is 11.2 Å². The number of benzene rings is 1. The van der Waals surface area contributed by atoms with Crippen LogP contribution >= 0.6 is 15.9 Å². The summed E-state index contributed by atoms with van der Waals surface area (Å²) in [7, 11) is 1.75. The van der Waals surface area contributed by atoms with Crippen LogP contribution in [0.25, 0.3) is 0 Å². The highest BCUT2D eigenvalue weighted by molar-refractivity contribution is 9.18. The molecular weight excluding hydrogens is 318 g/mol. The molecule has 2 rings (SSSR count). The fourth-order valence-electron chi connectivity index (χ4n) is 2.89. The highest BCUT2D eigenvalue weighted by Gasteiger charge is 2.27. The molecule has 0 saturated heterocycles. The van der Waals surface area contributed by atoms with Gasteiger partial charge in [0.15, 0.2) is 0 Å². The number of carbonyl (C=O) groups is 1. The lowest BCUT2D eigenvalue weighted by molar-refractivity contribution is -0.118. The largest absolute Gasteiger partial charge is 0.398 e. The van der Waals surface area contributed by atoms with Gasteiger partial charge in [-0.2, -0.15) is 0 Å². The first kappa shape index (κ1) is 15.0. The Kier molecular flexibility index (Phi) is 4.81. The van der Waals surface area contributed by atoms with E-state index in [0.29, 0.717) is 12.5 Å². The molecule has 1 aliphatic carbocycles. The van der Waals surface area contributed by atoms with Gasteiger partial charge in [0, 0.05) is 31.8 Å². The highest BCUT2D eigenvalue weighted by Crippen LogP contribution is 2.40. The Balaban J connectivity index is 2.29. The molecule has 1 aromatic rings. The molecule has 0 spiro atoms. The summed E-state index contributed by atoms with van der Waals surface area (Å²) < 4.78 is 0.804. The summed E-state index contributed by atoms with van der Waals surface area (Å²) in [4.78, 5) is 15.2. The van der Waals surface area contributed by atoms with Gasteiger partial charge in [0.25, 0.3) is 0 Å². The number of fused-ring (bicyclic) bond motifs is 1. The van der Waals surface area contributed by atoms with Crippen LogP contribution < -0.4 is 11.1 Å². The predicted octanol–water partition coefficient (Wildman–Crippen LogP) is 2.60. The van der Waals surface area contributed by atoms with Crippen LogP contribution in [0.15, 0.2) is 17.1 Å². The smallest absolute Gasteiger partial charge is 0.216 e. The first-order valence-corrected chi connectivity index (χ1v) is 7.62. The number of nitrogens with two attached hydrogens (primary N) is 1. The molecule has 1 aromatic carbocycles. The van der Waals surface area contributed by atoms with Gasteiger partial charge < -0.3 is 11.1 Å². The van der Waals surface area contributed by atoms with E-state index in [2.05, 4.69) is 32.3 Å². The zero-order valence-electron chi connectivity index (χ0n) is 11.9. The van der Waals surface area contributed by atoms with Gasteiger partial charge in [-0.1, -0.05) is 6.07 Å². The third-order valence-corrected chi connectivity index (χ3v) is 4.56. The number of amides is 1. The van der Waals surface area contributed by atoms with Crippen LogP contribution in [0.3, 0.4) is 0 Å². The van der Waals surface area contributed by atoms with Crippen LogP contribution in [0.4, 0.5) is 5.69 Å². The predicted molar refractivity (Wildman–Crippen MR) is 86.6 cm³/mol. The molecule has 5 heteroatoms. The first-order valence-electron chi connectivity index (χ1n) is 6.83. The Morgan fingerprint density at radius 2 is 2.30 bits per heavy atom. The van der Waals surface area contributed by atoms with Crippen molar-refractivity contribution < 1.29 is 4.79 Å². The molecular formula is C15H20BrN3O. The molecule has 1 atom stereocenters. The number of nitrogens with zero attached hydrogens (tertiary/aromatic N) is 1. The van der Waals surface area contributed by atoms with Crippen molar-refractivity contribution in [1.82, 2.24) is 5.32 Å². The summed E-state index contributed by atoms with van der Waals surface area (Å²) in [5.41, 5.74) is 10.6. The SMILES string of the molecule is CN=C(Br)c1c(N)ccc2c1[C@H](CCNC(C)=O)CC2. The molecule has 4 nitrogen and oxygen atoms in total. The maximum absolute atomic E-state index is 11.0. The van der Waals surface area contributed by atoms with Crippen molar-refractivity contribution in [1.29, 1.82) is 0 Å². The fourth-order valence-corrected chi connectivity index (χ4v) is 3.33. The minimum Gasteiger partial charge on any atom is -0.398 e. The fraction of sp³-hybridized carbons (Fsp3) is 0.467. The second kappa shape index (κ2) is 6.39. The molecule has 108 valence electrons. The summed E-state index contributed by atoms with van der Waals surface area (Å²) in [5, 5.41) is 2.87. The number of anilines is 1. The highest BCUT2D eigenvalue weighted by atomic mass is 79.9. The van der Waals surface area contributed by atoms with Crippen molar-refractivity contribution in [3.8, 4) is 0 Å². The van der Waals surface area contributed by atoms with Crippen LogP contribution in [0, 0.1) is 0 Å². The number of aryl methyl sites for hydroxylation is 1. The Bertz CT molecular complexity index is 554. The standard InChI is InChI=1S/C15H20BrN3O/c1-9(20)19-8-7-11-4-3-10-5-6-12(17)14(13(10)11)15(16)18-2/h5-6,11H,3-4,7-8,17H2,1-2H3,(H,19,20)/t11-/m0/s1. The number of hydrogen-bond acceptors (Lipinski definition) is 3. The van der Waals surface area contributed by atoms with E-state index in [1.165, 1.54) is 11.1 Å². The molecule has 1 amide bonds. The van der Waals surface area contributed by atoms with E-state index in [1.54, 1.807) is 14.0 Å². The first-order chi connectivity index (χ1) is 9.54. The van der Waals surface area contributed by atoms with Gasteiger partial charge in [0.05, 0.1) is 0 Å². The summed E-state index contributed by atoms with van der Waals surface area (Å²) in [6.07, 6.45) is 3.11. The van der Waals surface area contributed by atoms with Crippen LogP contribution in [-0.4, -0.2) is 24.1 Å². The average Bonchev–Trinajstić information content (AvgIpc) is 2.81. The minimum absolute atomic E-state index is 0.0207. The van der Waals surface area contributed by atoms with Gasteiger partial charge >= 0.3 is 0 Å². The molecule has 0 fully saturated rings. The maximum Gasteiger partial charge on any atom is 0.216 e. The van der Waals surface area contributed by atoms with Crippen molar-refractivity contribution in [2.45, 2.75) is 32.1 Å². The van der Waals surface area contributed by atoms with Gasteiger partial charge in [-0.25, -0.2) is 0 Å². The lowest BCUT2D eigenvalue weighted by Gasteiger charge is -2.17. The topological polar surface area (TPSA) is 67.5 Å². The van der Waals surface area contributed by atoms with E-state index in [-0.39, 0.29) is 5.91 Å². The molecule has 0 aliphatic heterocycles. The van der Waals surface area contributed by atoms with E-state index in [4.69, 9.17) is 5.73 Å². The van der Waals surface area contributed by atoms with E-state index in [0.717, 1.165) is 35.1 Å². The maximum atomic E-state index is 11.0. The van der Waals surface area contributed by atoms with Crippen LogP contribution in [0.5, 0.6) is 0 Å². The second-order valence-corrected chi connectivity index (χ2v) is 5.88. The van der Waals surface area contributed by atoms with Crippen molar-refractivity contribution in [3.63, 3.8) is 0 Å². The monoisotopic (exact) mass is 337 g/mol. The molecule has 1 aliphatic rings. The van der Waals surface area contributed by atoms with E-state index in [9.17, 15) is 4.79 Å². The number of rotatable bonds is 4. The Labute approximate surface area is 128 Å². The number of nitrogens with one attached hydrogen (secondary N) is 1. The molecule has 0 radical (unpaired) electrons. The average molecular weight is 338 g/mol. The van der Waals surface area contributed by atoms with Gasteiger partial charge in [0.2, 0.25) is 5.91 Å². The van der Waals surface area contributed by atoms with Crippen molar-refractivity contribution in [3.05, 3.63) is 28.8 Å². The lowest BCUT2D eigenvalue weighted by Crippen LogP contribution is -2.22. The van der Waals surface area contributed by atoms with Crippen molar-refractivity contribution in [2.75, 3.05) is 19.3 Å². The number of aliphatic imine (C=N–C) groups is 1. The molecule has 20 heavy (non-hydrogen) atoms. The van der Waals surface area contributed by atoms with E-state index in [1.807, 2.05) is 6.07 Å². The van der Waals surface area contributed by atoms with Gasteiger partial charge in [-0.15, -0.1) is 0 Å². The van der Waals surface area contributed by atoms with Gasteiger partial charge in [-0.3, -0.25) is 9.79 Å². The number of nitrogen functional groups attached to an aromatic ring is 1. The normalized spacial score (nSPS) is 17.9.